The van der Waals surface area contributed by atoms with Gasteiger partial charge in [-0.05, 0) is 25.0 Å². The Morgan fingerprint density at radius 3 is 2.73 bits per heavy atom. The van der Waals surface area contributed by atoms with Gasteiger partial charge < -0.3 is 14.8 Å². The molecule has 1 aromatic rings. The topological polar surface area (TPSA) is 47.6 Å². The van der Waals surface area contributed by atoms with Crippen LogP contribution in [0.3, 0.4) is 0 Å². The van der Waals surface area contributed by atoms with Crippen LogP contribution >= 0.6 is 11.8 Å². The number of rotatable bonds is 5. The fourth-order valence-corrected chi connectivity index (χ4v) is 4.20. The molecule has 5 heteroatoms. The molecule has 1 N–H and O–H groups in total. The van der Waals surface area contributed by atoms with Crippen molar-refractivity contribution in [2.75, 3.05) is 24.3 Å². The molecule has 1 aromatic carbocycles. The minimum atomic E-state index is 0.0694. The molecule has 1 heterocycles. The van der Waals surface area contributed by atoms with Gasteiger partial charge in [-0.1, -0.05) is 19.3 Å². The number of benzene rings is 1. The maximum Gasteiger partial charge on any atom is 0.225 e. The molecule has 0 spiro atoms. The molecular formula is C17H23NO3S. The summed E-state index contributed by atoms with van der Waals surface area (Å²) in [7, 11) is 0. The lowest BCUT2D eigenvalue weighted by Crippen LogP contribution is -2.17. The summed E-state index contributed by atoms with van der Waals surface area (Å²) in [6, 6.07) is 5.54. The molecule has 1 aliphatic carbocycles. The average molecular weight is 321 g/mol. The number of carbonyl (C=O) groups is 1. The standard InChI is InChI=1S/C17H23NO3S/c19-17(8-11-22-14-4-2-1-3-5-14)18-13-6-7-15-16(12-13)21-10-9-20-15/h6-7,12,14H,1-5,8-11H2,(H,18,19). The molecule has 0 aromatic heterocycles. The van der Waals surface area contributed by atoms with Crippen molar-refractivity contribution < 1.29 is 14.3 Å². The SMILES string of the molecule is O=C(CCSC1CCCCC1)Nc1ccc2c(c1)OCCO2. The quantitative estimate of drug-likeness (QED) is 0.895. The highest BCUT2D eigenvalue weighted by atomic mass is 32.2. The summed E-state index contributed by atoms with van der Waals surface area (Å²) < 4.78 is 11.0. The Morgan fingerprint density at radius 2 is 1.91 bits per heavy atom. The van der Waals surface area contributed by atoms with Crippen molar-refractivity contribution >= 4 is 23.4 Å². The zero-order chi connectivity index (χ0) is 15.2. The van der Waals surface area contributed by atoms with Gasteiger partial charge in [0.15, 0.2) is 11.5 Å². The van der Waals surface area contributed by atoms with E-state index in [1.54, 1.807) is 0 Å². The molecule has 0 unspecified atom stereocenters. The minimum Gasteiger partial charge on any atom is -0.486 e. The summed E-state index contributed by atoms with van der Waals surface area (Å²) >= 11 is 1.95. The van der Waals surface area contributed by atoms with Crippen molar-refractivity contribution in [3.63, 3.8) is 0 Å². The molecule has 0 saturated heterocycles. The van der Waals surface area contributed by atoms with Gasteiger partial charge in [0.05, 0.1) is 0 Å². The molecule has 22 heavy (non-hydrogen) atoms. The second kappa shape index (κ2) is 7.77. The van der Waals surface area contributed by atoms with Crippen LogP contribution in [-0.4, -0.2) is 30.1 Å². The van der Waals surface area contributed by atoms with E-state index >= 15 is 0 Å². The van der Waals surface area contributed by atoms with Crippen LogP contribution in [0.1, 0.15) is 38.5 Å². The number of fused-ring (bicyclic) bond motifs is 1. The molecule has 1 amide bonds. The van der Waals surface area contributed by atoms with Crippen molar-refractivity contribution in [3.05, 3.63) is 18.2 Å². The van der Waals surface area contributed by atoms with Crippen molar-refractivity contribution in [3.8, 4) is 11.5 Å². The van der Waals surface area contributed by atoms with Gasteiger partial charge in [0.1, 0.15) is 13.2 Å². The molecule has 3 rings (SSSR count). The predicted octanol–water partition coefficient (Wildman–Crippen LogP) is 3.85. The van der Waals surface area contributed by atoms with Crippen LogP contribution in [0.5, 0.6) is 11.5 Å². The Bertz CT molecular complexity index is 515. The predicted molar refractivity (Wildman–Crippen MR) is 90.0 cm³/mol. The number of hydrogen-bond donors (Lipinski definition) is 1. The lowest BCUT2D eigenvalue weighted by atomic mass is 10.0. The monoisotopic (exact) mass is 321 g/mol. The minimum absolute atomic E-state index is 0.0694. The Labute approximate surface area is 135 Å². The van der Waals surface area contributed by atoms with Crippen LogP contribution in [0.4, 0.5) is 5.69 Å². The van der Waals surface area contributed by atoms with Gasteiger partial charge in [0, 0.05) is 29.2 Å². The molecule has 0 radical (unpaired) electrons. The van der Waals surface area contributed by atoms with E-state index in [-0.39, 0.29) is 5.91 Å². The fourth-order valence-electron chi connectivity index (χ4n) is 2.89. The third-order valence-corrected chi connectivity index (χ3v) is 5.44. The van der Waals surface area contributed by atoms with Gasteiger partial charge in [-0.3, -0.25) is 4.79 Å². The number of hydrogen-bond acceptors (Lipinski definition) is 4. The summed E-state index contributed by atoms with van der Waals surface area (Å²) in [5.74, 6) is 2.43. The van der Waals surface area contributed by atoms with Crippen molar-refractivity contribution in [2.24, 2.45) is 0 Å². The summed E-state index contributed by atoms with van der Waals surface area (Å²) in [4.78, 5) is 12.0. The highest BCUT2D eigenvalue weighted by Gasteiger charge is 2.15. The van der Waals surface area contributed by atoms with E-state index in [1.807, 2.05) is 30.0 Å². The Kier molecular flexibility index (Phi) is 5.48. The largest absolute Gasteiger partial charge is 0.486 e. The molecule has 1 aliphatic heterocycles. The second-order valence-electron chi connectivity index (χ2n) is 5.79. The Balaban J connectivity index is 1.43. The number of amides is 1. The van der Waals surface area contributed by atoms with E-state index in [0.29, 0.717) is 25.4 Å². The van der Waals surface area contributed by atoms with Crippen LogP contribution in [0.25, 0.3) is 0 Å². The fraction of sp³-hybridized carbons (Fsp3) is 0.588. The van der Waals surface area contributed by atoms with Crippen LogP contribution in [0.15, 0.2) is 18.2 Å². The van der Waals surface area contributed by atoms with Gasteiger partial charge >= 0.3 is 0 Å². The number of carbonyl (C=O) groups excluding carboxylic acids is 1. The van der Waals surface area contributed by atoms with E-state index < -0.39 is 0 Å². The molecule has 120 valence electrons. The van der Waals surface area contributed by atoms with Gasteiger partial charge in [-0.15, -0.1) is 0 Å². The molecule has 2 aliphatic rings. The molecule has 4 nitrogen and oxygen atoms in total. The highest BCUT2D eigenvalue weighted by molar-refractivity contribution is 7.99. The van der Waals surface area contributed by atoms with Crippen molar-refractivity contribution in [1.82, 2.24) is 0 Å². The Hall–Kier alpha value is -1.36. The maximum atomic E-state index is 12.0. The smallest absolute Gasteiger partial charge is 0.225 e. The van der Waals surface area contributed by atoms with Crippen LogP contribution in [0.2, 0.25) is 0 Å². The Morgan fingerprint density at radius 1 is 1.14 bits per heavy atom. The van der Waals surface area contributed by atoms with Gasteiger partial charge in [-0.25, -0.2) is 0 Å². The summed E-state index contributed by atoms with van der Waals surface area (Å²) in [6.07, 6.45) is 7.27. The zero-order valence-corrected chi connectivity index (χ0v) is 13.6. The van der Waals surface area contributed by atoms with E-state index in [1.165, 1.54) is 32.1 Å². The second-order valence-corrected chi connectivity index (χ2v) is 7.20. The van der Waals surface area contributed by atoms with Gasteiger partial charge in [0.2, 0.25) is 5.91 Å². The van der Waals surface area contributed by atoms with Crippen molar-refractivity contribution in [2.45, 2.75) is 43.8 Å². The molecule has 1 fully saturated rings. The maximum absolute atomic E-state index is 12.0. The van der Waals surface area contributed by atoms with E-state index in [2.05, 4.69) is 5.32 Å². The third-order valence-electron chi connectivity index (χ3n) is 4.06. The molecule has 0 atom stereocenters. The number of nitrogens with one attached hydrogen (secondary N) is 1. The zero-order valence-electron chi connectivity index (χ0n) is 12.8. The normalized spacial score (nSPS) is 18.0. The van der Waals surface area contributed by atoms with Crippen LogP contribution < -0.4 is 14.8 Å². The average Bonchev–Trinajstić information content (AvgIpc) is 2.56. The van der Waals surface area contributed by atoms with E-state index in [4.69, 9.17) is 9.47 Å². The lowest BCUT2D eigenvalue weighted by Gasteiger charge is -2.21. The van der Waals surface area contributed by atoms with Gasteiger partial charge in [0.25, 0.3) is 0 Å². The summed E-state index contributed by atoms with van der Waals surface area (Å²) in [5, 5.41) is 3.70. The first-order valence-electron chi connectivity index (χ1n) is 8.12. The highest BCUT2D eigenvalue weighted by Crippen LogP contribution is 2.33. The molecular weight excluding hydrogens is 298 g/mol. The summed E-state index contributed by atoms with van der Waals surface area (Å²) in [6.45, 7) is 1.14. The lowest BCUT2D eigenvalue weighted by molar-refractivity contribution is -0.115. The number of ether oxygens (including phenoxy) is 2. The van der Waals surface area contributed by atoms with Gasteiger partial charge in [-0.2, -0.15) is 11.8 Å². The first kappa shape index (κ1) is 15.5. The van der Waals surface area contributed by atoms with E-state index in [9.17, 15) is 4.79 Å². The van der Waals surface area contributed by atoms with Crippen LogP contribution in [0, 0.1) is 0 Å². The first-order valence-corrected chi connectivity index (χ1v) is 9.17. The number of thioether (sulfide) groups is 1. The molecule has 1 saturated carbocycles. The van der Waals surface area contributed by atoms with Crippen LogP contribution in [-0.2, 0) is 4.79 Å². The van der Waals surface area contributed by atoms with Crippen molar-refractivity contribution in [1.29, 1.82) is 0 Å². The first-order chi connectivity index (χ1) is 10.8. The number of anilines is 1. The van der Waals surface area contributed by atoms with E-state index in [0.717, 1.165) is 22.4 Å². The third kappa shape index (κ3) is 4.32. The summed E-state index contributed by atoms with van der Waals surface area (Å²) in [5.41, 5.74) is 0.775. The molecule has 0 bridgehead atoms.